The summed E-state index contributed by atoms with van der Waals surface area (Å²) in [7, 11) is 2.96. The smallest absolute Gasteiger partial charge is 0.411 e. The third-order valence-electron chi connectivity index (χ3n) is 5.53. The van der Waals surface area contributed by atoms with E-state index in [1.54, 1.807) is 44.2 Å². The van der Waals surface area contributed by atoms with Gasteiger partial charge in [0.25, 0.3) is 5.56 Å². The molecule has 1 aromatic heterocycles. The van der Waals surface area contributed by atoms with Crippen LogP contribution in [0.1, 0.15) is 13.8 Å². The van der Waals surface area contributed by atoms with Gasteiger partial charge in [-0.1, -0.05) is 55.9 Å². The molecule has 1 saturated heterocycles. The van der Waals surface area contributed by atoms with Crippen molar-refractivity contribution >= 4 is 58.7 Å². The second-order valence-corrected chi connectivity index (χ2v) is 9.69. The second kappa shape index (κ2) is 14.3. The lowest BCUT2D eigenvalue weighted by Gasteiger charge is -2.21. The minimum absolute atomic E-state index is 0. The topological polar surface area (TPSA) is 164 Å². The minimum atomic E-state index is -1.17. The van der Waals surface area contributed by atoms with Crippen LogP contribution >= 0.6 is 24.2 Å². The van der Waals surface area contributed by atoms with Gasteiger partial charge in [0.1, 0.15) is 18.1 Å². The number of aromatic nitrogens is 2. The minimum Gasteiger partial charge on any atom is -0.453 e. The van der Waals surface area contributed by atoms with Gasteiger partial charge in [0.05, 0.1) is 19.3 Å². The van der Waals surface area contributed by atoms with Crippen molar-refractivity contribution in [2.45, 2.75) is 26.4 Å². The van der Waals surface area contributed by atoms with Gasteiger partial charge in [0.2, 0.25) is 11.7 Å². The molecule has 0 bridgehead atoms. The Morgan fingerprint density at radius 3 is 2.46 bits per heavy atom. The van der Waals surface area contributed by atoms with Crippen molar-refractivity contribution in [3.63, 3.8) is 0 Å². The normalized spacial score (nSPS) is 14.4. The summed E-state index contributed by atoms with van der Waals surface area (Å²) in [5.41, 5.74) is 1.89. The molecule has 210 valence electrons. The van der Waals surface area contributed by atoms with Crippen molar-refractivity contribution in [3.8, 4) is 11.4 Å². The Labute approximate surface area is 235 Å². The van der Waals surface area contributed by atoms with Gasteiger partial charge in [-0.2, -0.15) is 0 Å². The molecule has 1 fully saturated rings. The maximum atomic E-state index is 13.2. The van der Waals surface area contributed by atoms with E-state index in [0.29, 0.717) is 10.7 Å². The number of anilines is 1. The summed E-state index contributed by atoms with van der Waals surface area (Å²) in [6, 6.07) is 7.50. The van der Waals surface area contributed by atoms with Crippen LogP contribution in [0.4, 0.5) is 10.5 Å². The first-order valence-electron chi connectivity index (χ1n) is 11.7. The number of ketones is 1. The molecular formula is C24H30ClN7O6S. The summed E-state index contributed by atoms with van der Waals surface area (Å²) < 4.78 is 5.60. The predicted octanol–water partition coefficient (Wildman–Crippen LogP) is 1.29. The van der Waals surface area contributed by atoms with Crippen LogP contribution in [0.15, 0.2) is 46.4 Å². The third kappa shape index (κ3) is 8.04. The van der Waals surface area contributed by atoms with E-state index in [1.807, 2.05) is 11.9 Å². The molecule has 1 aliphatic heterocycles. The van der Waals surface area contributed by atoms with Gasteiger partial charge in [-0.25, -0.2) is 15.2 Å². The molecule has 39 heavy (non-hydrogen) atoms. The number of amides is 3. The summed E-state index contributed by atoms with van der Waals surface area (Å²) in [4.78, 5) is 69.3. The highest BCUT2D eigenvalue weighted by molar-refractivity contribution is 8.14. The molecule has 13 nitrogen and oxygen atoms in total. The number of Topliss-reactive ketones (excluding diaryl/α,β-unsaturated/α-hetero) is 1. The molecule has 0 aliphatic carbocycles. The van der Waals surface area contributed by atoms with Crippen molar-refractivity contribution in [2.75, 3.05) is 31.8 Å². The number of thioether (sulfide) groups is 1. The lowest BCUT2D eigenvalue weighted by molar-refractivity contribution is -0.140. The Morgan fingerprint density at radius 2 is 1.87 bits per heavy atom. The fourth-order valence-corrected chi connectivity index (χ4v) is 4.46. The second-order valence-electron chi connectivity index (χ2n) is 8.63. The lowest BCUT2D eigenvalue weighted by Crippen LogP contribution is -2.51. The van der Waals surface area contributed by atoms with Gasteiger partial charge in [-0.3, -0.25) is 29.1 Å². The molecule has 0 radical (unpaired) electrons. The summed E-state index contributed by atoms with van der Waals surface area (Å²) in [6.07, 6.45) is 0.289. The van der Waals surface area contributed by atoms with E-state index in [4.69, 9.17) is 0 Å². The monoisotopic (exact) mass is 579 g/mol. The van der Waals surface area contributed by atoms with Crippen LogP contribution in [0.25, 0.3) is 11.4 Å². The number of ether oxygens (including phenoxy) is 1. The number of hydrogen-bond acceptors (Lipinski definition) is 9. The van der Waals surface area contributed by atoms with Crippen molar-refractivity contribution in [1.82, 2.24) is 25.2 Å². The Morgan fingerprint density at radius 1 is 1.18 bits per heavy atom. The Hall–Kier alpha value is -3.91. The van der Waals surface area contributed by atoms with Crippen LogP contribution in [0.2, 0.25) is 0 Å². The third-order valence-corrected chi connectivity index (χ3v) is 6.58. The SMILES string of the molecule is COC(=O)Nc1cnc(-c2ccccc2)n(CC(=O)N[C@H](C(=O)C(=O)NN=C2SCCN2C)C(C)C)c1=O.Cl. The fourth-order valence-electron chi connectivity index (χ4n) is 3.49. The first kappa shape index (κ1) is 31.3. The van der Waals surface area contributed by atoms with E-state index >= 15 is 0 Å². The zero-order valence-electron chi connectivity index (χ0n) is 21.8. The van der Waals surface area contributed by atoms with E-state index < -0.39 is 47.8 Å². The molecule has 1 aliphatic rings. The number of amidine groups is 1. The number of hydrogen-bond donors (Lipinski definition) is 3. The van der Waals surface area contributed by atoms with Crippen LogP contribution in [-0.4, -0.2) is 75.8 Å². The maximum absolute atomic E-state index is 13.2. The highest BCUT2D eigenvalue weighted by Crippen LogP contribution is 2.17. The van der Waals surface area contributed by atoms with E-state index in [0.717, 1.165) is 24.0 Å². The molecule has 0 saturated carbocycles. The molecule has 3 rings (SSSR count). The number of nitrogens with one attached hydrogen (secondary N) is 3. The molecule has 1 atom stereocenters. The molecule has 3 N–H and O–H groups in total. The van der Waals surface area contributed by atoms with Gasteiger partial charge in [-0.15, -0.1) is 17.5 Å². The molecule has 15 heteroatoms. The number of benzene rings is 1. The van der Waals surface area contributed by atoms with Gasteiger partial charge in [0, 0.05) is 24.9 Å². The van der Waals surface area contributed by atoms with Crippen molar-refractivity contribution in [1.29, 1.82) is 0 Å². The van der Waals surface area contributed by atoms with Crippen LogP contribution in [0.5, 0.6) is 0 Å². The Bertz CT molecular complexity index is 1300. The van der Waals surface area contributed by atoms with Crippen LogP contribution in [0.3, 0.4) is 0 Å². The van der Waals surface area contributed by atoms with Gasteiger partial charge in [-0.05, 0) is 5.92 Å². The van der Waals surface area contributed by atoms with Crippen LogP contribution in [-0.2, 0) is 25.7 Å². The molecule has 2 heterocycles. The summed E-state index contributed by atoms with van der Waals surface area (Å²) >= 11 is 1.45. The molecular weight excluding hydrogens is 550 g/mol. The standard InChI is InChI=1S/C24H29N7O6S.ClH/c1-14(2)18(19(33)21(34)28-29-23-30(3)10-11-38-23)27-17(32)13-31-20(15-8-6-5-7-9-15)25-12-16(22(31)35)26-24(36)37-4;/h5-9,12,14,18H,10-11,13H2,1-4H3,(H,26,36)(H,27,32)(H,28,34);1H/t18-;/m0./s1. The molecule has 0 unspecified atom stereocenters. The zero-order valence-corrected chi connectivity index (χ0v) is 23.4. The average molecular weight is 580 g/mol. The number of rotatable bonds is 9. The highest BCUT2D eigenvalue weighted by Gasteiger charge is 2.30. The summed E-state index contributed by atoms with van der Waals surface area (Å²) in [6.45, 7) is 3.58. The number of carbonyl (C=O) groups excluding carboxylic acids is 4. The van der Waals surface area contributed by atoms with Gasteiger partial charge < -0.3 is 15.0 Å². The summed E-state index contributed by atoms with van der Waals surface area (Å²) in [5.74, 6) is -2.01. The van der Waals surface area contributed by atoms with Crippen molar-refractivity contribution < 1.29 is 23.9 Å². The number of carbonyl (C=O) groups is 4. The molecule has 2 aromatic rings. The maximum Gasteiger partial charge on any atom is 0.411 e. The van der Waals surface area contributed by atoms with Gasteiger partial charge in [0.15, 0.2) is 5.17 Å². The van der Waals surface area contributed by atoms with Crippen molar-refractivity contribution in [3.05, 3.63) is 46.9 Å². The average Bonchev–Trinajstić information content (AvgIpc) is 3.32. The number of nitrogens with zero attached hydrogens (tertiary/aromatic N) is 4. The van der Waals surface area contributed by atoms with Crippen LogP contribution in [0, 0.1) is 5.92 Å². The number of hydrazone groups is 1. The largest absolute Gasteiger partial charge is 0.453 e. The Balaban J connectivity index is 0.00000533. The van der Waals surface area contributed by atoms with E-state index in [2.05, 4.69) is 30.9 Å². The van der Waals surface area contributed by atoms with E-state index in [-0.39, 0.29) is 23.9 Å². The zero-order chi connectivity index (χ0) is 27.8. The first-order chi connectivity index (χ1) is 18.1. The number of halogens is 1. The quantitative estimate of drug-likeness (QED) is 0.293. The summed E-state index contributed by atoms with van der Waals surface area (Å²) in [5, 5.41) is 9.38. The lowest BCUT2D eigenvalue weighted by atomic mass is 9.99. The predicted molar refractivity (Wildman–Crippen MR) is 150 cm³/mol. The highest BCUT2D eigenvalue weighted by atomic mass is 35.5. The molecule has 3 amide bonds. The number of methoxy groups -OCH3 is 1. The van der Waals surface area contributed by atoms with E-state index in [1.165, 1.54) is 18.0 Å². The van der Waals surface area contributed by atoms with Crippen LogP contribution < -0.4 is 21.6 Å². The molecule has 0 spiro atoms. The Kier molecular flexibility index (Phi) is 11.5. The fraction of sp³-hybridized carbons (Fsp3) is 0.375. The van der Waals surface area contributed by atoms with Gasteiger partial charge >= 0.3 is 12.0 Å². The molecule has 1 aromatic carbocycles. The van der Waals surface area contributed by atoms with Crippen molar-refractivity contribution in [2.24, 2.45) is 11.0 Å². The first-order valence-corrected chi connectivity index (χ1v) is 12.7. The van der Waals surface area contributed by atoms with E-state index in [9.17, 15) is 24.0 Å².